The maximum atomic E-state index is 8.72. The van der Waals surface area contributed by atoms with E-state index >= 15 is 0 Å². The van der Waals surface area contributed by atoms with E-state index in [0.29, 0.717) is 17.9 Å². The zero-order valence-corrected chi connectivity index (χ0v) is 8.45. The summed E-state index contributed by atoms with van der Waals surface area (Å²) in [5, 5.41) is 8.72. The molecule has 0 spiro atoms. The molecule has 0 aliphatic rings. The Morgan fingerprint density at radius 2 is 2.21 bits per heavy atom. The van der Waals surface area contributed by atoms with E-state index in [1.165, 1.54) is 0 Å². The number of nitriles is 1. The van der Waals surface area contributed by atoms with Gasteiger partial charge in [-0.15, -0.1) is 0 Å². The van der Waals surface area contributed by atoms with Crippen LogP contribution in [-0.4, -0.2) is 6.10 Å². The van der Waals surface area contributed by atoms with E-state index in [0.717, 1.165) is 5.56 Å². The Kier molecular flexibility index (Phi) is 3.49. The van der Waals surface area contributed by atoms with Crippen molar-refractivity contribution in [2.75, 3.05) is 0 Å². The van der Waals surface area contributed by atoms with Crippen LogP contribution in [0.2, 0.25) is 0 Å². The van der Waals surface area contributed by atoms with Crippen LogP contribution in [0.1, 0.15) is 25.0 Å². The van der Waals surface area contributed by atoms with Gasteiger partial charge < -0.3 is 10.5 Å². The molecule has 0 bridgehead atoms. The van der Waals surface area contributed by atoms with Crippen LogP contribution in [0.3, 0.4) is 0 Å². The fraction of sp³-hybridized carbons (Fsp3) is 0.364. The van der Waals surface area contributed by atoms with Gasteiger partial charge in [0.15, 0.2) is 0 Å². The maximum Gasteiger partial charge on any atom is 0.125 e. The SMILES string of the molecule is CC(C)Oc1cc(C#N)ccc1CN. The highest BCUT2D eigenvalue weighted by atomic mass is 16.5. The highest BCUT2D eigenvalue weighted by molar-refractivity contribution is 5.42. The minimum absolute atomic E-state index is 0.0919. The molecule has 2 N–H and O–H groups in total. The Labute approximate surface area is 84.1 Å². The van der Waals surface area contributed by atoms with Gasteiger partial charge >= 0.3 is 0 Å². The molecule has 0 aliphatic heterocycles. The first-order valence-electron chi connectivity index (χ1n) is 4.57. The van der Waals surface area contributed by atoms with Crippen molar-refractivity contribution in [2.45, 2.75) is 26.5 Å². The average Bonchev–Trinajstić information content (AvgIpc) is 2.16. The number of hydrogen-bond donors (Lipinski definition) is 1. The zero-order chi connectivity index (χ0) is 10.6. The highest BCUT2D eigenvalue weighted by Crippen LogP contribution is 2.20. The summed E-state index contributed by atoms with van der Waals surface area (Å²) >= 11 is 0. The lowest BCUT2D eigenvalue weighted by molar-refractivity contribution is 0.240. The van der Waals surface area contributed by atoms with Crippen molar-refractivity contribution in [3.05, 3.63) is 29.3 Å². The van der Waals surface area contributed by atoms with E-state index < -0.39 is 0 Å². The largest absolute Gasteiger partial charge is 0.491 e. The summed E-state index contributed by atoms with van der Waals surface area (Å²) in [5.41, 5.74) is 7.08. The van der Waals surface area contributed by atoms with Crippen LogP contribution in [0, 0.1) is 11.3 Å². The second-order valence-electron chi connectivity index (χ2n) is 3.31. The van der Waals surface area contributed by atoms with E-state index in [1.807, 2.05) is 19.9 Å². The van der Waals surface area contributed by atoms with Crippen LogP contribution >= 0.6 is 0 Å². The van der Waals surface area contributed by atoms with E-state index in [-0.39, 0.29) is 6.10 Å². The molecule has 0 heterocycles. The molecule has 0 saturated carbocycles. The van der Waals surface area contributed by atoms with Crippen molar-refractivity contribution >= 4 is 0 Å². The molecule has 0 radical (unpaired) electrons. The first kappa shape index (κ1) is 10.6. The Morgan fingerprint density at radius 1 is 1.50 bits per heavy atom. The Bertz CT molecular complexity index is 353. The molecule has 0 unspecified atom stereocenters. The van der Waals surface area contributed by atoms with Crippen LogP contribution in [0.4, 0.5) is 0 Å². The van der Waals surface area contributed by atoms with Gasteiger partial charge in [-0.1, -0.05) is 6.07 Å². The quantitative estimate of drug-likeness (QED) is 0.790. The third kappa shape index (κ3) is 2.48. The van der Waals surface area contributed by atoms with Gasteiger partial charge in [-0.05, 0) is 26.0 Å². The van der Waals surface area contributed by atoms with E-state index in [9.17, 15) is 0 Å². The van der Waals surface area contributed by atoms with Crippen molar-refractivity contribution in [1.82, 2.24) is 0 Å². The summed E-state index contributed by atoms with van der Waals surface area (Å²) in [6, 6.07) is 7.37. The summed E-state index contributed by atoms with van der Waals surface area (Å²) in [7, 11) is 0. The topological polar surface area (TPSA) is 59.0 Å². The molecule has 74 valence electrons. The summed E-state index contributed by atoms with van der Waals surface area (Å²) in [6.45, 7) is 4.31. The molecule has 0 aliphatic carbocycles. The smallest absolute Gasteiger partial charge is 0.125 e. The van der Waals surface area contributed by atoms with E-state index in [1.54, 1.807) is 12.1 Å². The predicted molar refractivity (Wildman–Crippen MR) is 54.8 cm³/mol. The average molecular weight is 190 g/mol. The fourth-order valence-corrected chi connectivity index (χ4v) is 1.16. The molecule has 0 saturated heterocycles. The third-order valence-electron chi connectivity index (χ3n) is 1.78. The van der Waals surface area contributed by atoms with Gasteiger partial charge in [0.2, 0.25) is 0 Å². The van der Waals surface area contributed by atoms with Crippen molar-refractivity contribution in [1.29, 1.82) is 5.26 Å². The molecule has 1 rings (SSSR count). The molecule has 3 nitrogen and oxygen atoms in total. The van der Waals surface area contributed by atoms with Gasteiger partial charge in [0, 0.05) is 12.1 Å². The summed E-state index contributed by atoms with van der Waals surface area (Å²) in [6.07, 6.45) is 0.0919. The van der Waals surface area contributed by atoms with Crippen LogP contribution < -0.4 is 10.5 Å². The van der Waals surface area contributed by atoms with Crippen molar-refractivity contribution in [3.8, 4) is 11.8 Å². The van der Waals surface area contributed by atoms with Crippen LogP contribution in [-0.2, 0) is 6.54 Å². The van der Waals surface area contributed by atoms with Crippen LogP contribution in [0.5, 0.6) is 5.75 Å². The number of nitrogens with two attached hydrogens (primary N) is 1. The highest BCUT2D eigenvalue weighted by Gasteiger charge is 2.05. The van der Waals surface area contributed by atoms with Gasteiger partial charge in [-0.3, -0.25) is 0 Å². The number of ether oxygens (including phenoxy) is 1. The second kappa shape index (κ2) is 4.64. The van der Waals surface area contributed by atoms with Gasteiger partial charge in [0.05, 0.1) is 17.7 Å². The minimum atomic E-state index is 0.0919. The Balaban J connectivity index is 3.03. The zero-order valence-electron chi connectivity index (χ0n) is 8.45. The number of rotatable bonds is 3. The van der Waals surface area contributed by atoms with Crippen molar-refractivity contribution in [3.63, 3.8) is 0 Å². The van der Waals surface area contributed by atoms with Crippen LogP contribution in [0.15, 0.2) is 18.2 Å². The summed E-state index contributed by atoms with van der Waals surface area (Å²) in [4.78, 5) is 0. The normalized spacial score (nSPS) is 9.93. The third-order valence-corrected chi connectivity index (χ3v) is 1.78. The van der Waals surface area contributed by atoms with Gasteiger partial charge in [0.25, 0.3) is 0 Å². The second-order valence-corrected chi connectivity index (χ2v) is 3.31. The predicted octanol–water partition coefficient (Wildman–Crippen LogP) is 1.80. The molecular formula is C11H14N2O. The Morgan fingerprint density at radius 3 is 2.71 bits per heavy atom. The Hall–Kier alpha value is -1.53. The molecule has 1 aromatic carbocycles. The summed E-state index contributed by atoms with van der Waals surface area (Å²) < 4.78 is 5.55. The van der Waals surface area contributed by atoms with Crippen LogP contribution in [0.25, 0.3) is 0 Å². The first-order valence-corrected chi connectivity index (χ1v) is 4.57. The standard InChI is InChI=1S/C11H14N2O/c1-8(2)14-11-5-9(6-12)3-4-10(11)7-13/h3-5,8H,7,13H2,1-2H3. The lowest BCUT2D eigenvalue weighted by atomic mass is 10.1. The monoisotopic (exact) mass is 190 g/mol. The van der Waals surface area contributed by atoms with Gasteiger partial charge in [0.1, 0.15) is 5.75 Å². The lowest BCUT2D eigenvalue weighted by Gasteiger charge is -2.13. The first-order chi connectivity index (χ1) is 6.67. The number of benzene rings is 1. The van der Waals surface area contributed by atoms with E-state index in [4.69, 9.17) is 15.7 Å². The van der Waals surface area contributed by atoms with Gasteiger partial charge in [-0.25, -0.2) is 0 Å². The molecule has 0 aromatic heterocycles. The molecule has 1 aromatic rings. The molecule has 0 fully saturated rings. The number of nitrogens with zero attached hydrogens (tertiary/aromatic N) is 1. The van der Waals surface area contributed by atoms with Crippen molar-refractivity contribution in [2.24, 2.45) is 5.73 Å². The minimum Gasteiger partial charge on any atom is -0.491 e. The molecule has 14 heavy (non-hydrogen) atoms. The molecule has 3 heteroatoms. The fourth-order valence-electron chi connectivity index (χ4n) is 1.16. The van der Waals surface area contributed by atoms with Gasteiger partial charge in [-0.2, -0.15) is 5.26 Å². The maximum absolute atomic E-state index is 8.72. The number of hydrogen-bond acceptors (Lipinski definition) is 3. The molecular weight excluding hydrogens is 176 g/mol. The van der Waals surface area contributed by atoms with Crippen molar-refractivity contribution < 1.29 is 4.74 Å². The lowest BCUT2D eigenvalue weighted by Crippen LogP contribution is -2.09. The molecule has 0 amide bonds. The van der Waals surface area contributed by atoms with E-state index in [2.05, 4.69) is 6.07 Å². The molecule has 0 atom stereocenters. The summed E-state index contributed by atoms with van der Waals surface area (Å²) in [5.74, 6) is 0.710.